The van der Waals surface area contributed by atoms with Crippen molar-refractivity contribution in [2.75, 3.05) is 26.2 Å². The predicted octanol–water partition coefficient (Wildman–Crippen LogP) is 3.71. The first-order valence-corrected chi connectivity index (χ1v) is 12.5. The van der Waals surface area contributed by atoms with Gasteiger partial charge in [0.15, 0.2) is 0 Å². The molecule has 0 aliphatic carbocycles. The summed E-state index contributed by atoms with van der Waals surface area (Å²) in [6.45, 7) is 2.06. The normalized spacial score (nSPS) is 21.2. The predicted molar refractivity (Wildman–Crippen MR) is 117 cm³/mol. The van der Waals surface area contributed by atoms with Crippen molar-refractivity contribution in [2.24, 2.45) is 11.8 Å². The lowest BCUT2D eigenvalue weighted by atomic mass is 9.89. The Bertz CT molecular complexity index is 987. The summed E-state index contributed by atoms with van der Waals surface area (Å²) in [5, 5.41) is 0. The van der Waals surface area contributed by atoms with Crippen molar-refractivity contribution >= 4 is 15.9 Å². The zero-order valence-electron chi connectivity index (χ0n) is 17.6. The molecule has 5 nitrogen and oxygen atoms in total. The van der Waals surface area contributed by atoms with Crippen molar-refractivity contribution in [3.05, 3.63) is 66.0 Å². The van der Waals surface area contributed by atoms with E-state index in [4.69, 9.17) is 0 Å². The Morgan fingerprint density at radius 1 is 0.935 bits per heavy atom. The van der Waals surface area contributed by atoms with Gasteiger partial charge >= 0.3 is 0 Å². The van der Waals surface area contributed by atoms with Crippen LogP contribution in [0.5, 0.6) is 0 Å². The van der Waals surface area contributed by atoms with Gasteiger partial charge in [0, 0.05) is 26.2 Å². The van der Waals surface area contributed by atoms with Crippen molar-refractivity contribution in [3.63, 3.8) is 0 Å². The van der Waals surface area contributed by atoms with E-state index in [9.17, 15) is 17.6 Å². The molecule has 1 unspecified atom stereocenters. The molecule has 2 aliphatic rings. The molecule has 2 aromatic carbocycles. The molecule has 2 aliphatic heterocycles. The number of amides is 1. The Hall–Kier alpha value is -2.25. The molecule has 0 spiro atoms. The standard InChI is InChI=1S/C24H29FN2O3S/c25-22-8-10-23(11-9-22)31(29,30)27-14-4-7-21(18-27)24(28)26-15-12-20(13-16-26)17-19-5-2-1-3-6-19/h1-3,5-6,8-11,20-21H,4,7,12-18H2. The average Bonchev–Trinajstić information content (AvgIpc) is 2.80. The number of rotatable bonds is 5. The van der Waals surface area contributed by atoms with Crippen LogP contribution >= 0.6 is 0 Å². The van der Waals surface area contributed by atoms with E-state index in [1.165, 1.54) is 22.0 Å². The van der Waals surface area contributed by atoms with Gasteiger partial charge in [-0.1, -0.05) is 30.3 Å². The number of hydrogen-bond acceptors (Lipinski definition) is 3. The summed E-state index contributed by atoms with van der Waals surface area (Å²) in [7, 11) is -3.72. The number of carbonyl (C=O) groups excluding carboxylic acids is 1. The minimum atomic E-state index is -3.72. The molecular weight excluding hydrogens is 415 g/mol. The molecule has 1 amide bonds. The highest BCUT2D eigenvalue weighted by atomic mass is 32.2. The van der Waals surface area contributed by atoms with Gasteiger partial charge in [0.1, 0.15) is 5.82 Å². The Morgan fingerprint density at radius 2 is 1.61 bits per heavy atom. The highest BCUT2D eigenvalue weighted by molar-refractivity contribution is 7.89. The van der Waals surface area contributed by atoms with Crippen LogP contribution in [0.3, 0.4) is 0 Å². The summed E-state index contributed by atoms with van der Waals surface area (Å²) < 4.78 is 40.4. The fourth-order valence-electron chi connectivity index (χ4n) is 4.68. The van der Waals surface area contributed by atoms with Crippen molar-refractivity contribution < 1.29 is 17.6 Å². The van der Waals surface area contributed by atoms with Crippen LogP contribution in [0.15, 0.2) is 59.5 Å². The Labute approximate surface area is 183 Å². The van der Waals surface area contributed by atoms with Crippen LogP contribution in [0, 0.1) is 17.7 Å². The molecule has 0 bridgehead atoms. The third-order valence-corrected chi connectivity index (χ3v) is 8.36. The Morgan fingerprint density at radius 3 is 2.29 bits per heavy atom. The molecule has 0 saturated carbocycles. The summed E-state index contributed by atoms with van der Waals surface area (Å²) in [5.41, 5.74) is 1.33. The van der Waals surface area contributed by atoms with Crippen molar-refractivity contribution in [3.8, 4) is 0 Å². The van der Waals surface area contributed by atoms with E-state index in [1.54, 1.807) is 0 Å². The second kappa shape index (κ2) is 9.49. The van der Waals surface area contributed by atoms with Crippen LogP contribution in [0.25, 0.3) is 0 Å². The molecule has 0 N–H and O–H groups in total. The summed E-state index contributed by atoms with van der Waals surface area (Å²) in [6, 6.07) is 15.3. The second-order valence-corrected chi connectivity index (χ2v) is 10.6. The third kappa shape index (κ3) is 5.15. The van der Waals surface area contributed by atoms with Gasteiger partial charge < -0.3 is 4.90 Å². The lowest BCUT2D eigenvalue weighted by molar-refractivity contribution is -0.138. The Balaban J connectivity index is 1.34. The maximum absolute atomic E-state index is 13.2. The van der Waals surface area contributed by atoms with Crippen molar-refractivity contribution in [1.82, 2.24) is 9.21 Å². The van der Waals surface area contributed by atoms with Gasteiger partial charge in [-0.25, -0.2) is 12.8 Å². The van der Waals surface area contributed by atoms with E-state index in [-0.39, 0.29) is 23.3 Å². The molecular formula is C24H29FN2O3S. The molecule has 2 saturated heterocycles. The number of likely N-dealkylation sites (tertiary alicyclic amines) is 1. The maximum atomic E-state index is 13.2. The zero-order chi connectivity index (χ0) is 21.8. The lowest BCUT2D eigenvalue weighted by Crippen LogP contribution is -2.48. The topological polar surface area (TPSA) is 57.7 Å². The van der Waals surface area contributed by atoms with Gasteiger partial charge in [-0.2, -0.15) is 4.31 Å². The molecule has 2 heterocycles. The summed E-state index contributed by atoms with van der Waals surface area (Å²) >= 11 is 0. The number of benzene rings is 2. The largest absolute Gasteiger partial charge is 0.342 e. The first kappa shape index (κ1) is 22.0. The molecule has 31 heavy (non-hydrogen) atoms. The van der Waals surface area contributed by atoms with E-state index in [2.05, 4.69) is 24.3 Å². The van der Waals surface area contributed by atoms with Gasteiger partial charge in [0.25, 0.3) is 0 Å². The maximum Gasteiger partial charge on any atom is 0.243 e. The minimum Gasteiger partial charge on any atom is -0.342 e. The van der Waals surface area contributed by atoms with Crippen LogP contribution in [-0.4, -0.2) is 49.7 Å². The number of halogens is 1. The molecule has 1 atom stereocenters. The summed E-state index contributed by atoms with van der Waals surface area (Å²) in [6.07, 6.45) is 4.35. The van der Waals surface area contributed by atoms with E-state index in [0.717, 1.165) is 44.5 Å². The second-order valence-electron chi connectivity index (χ2n) is 8.61. The molecule has 4 rings (SSSR count). The van der Waals surface area contributed by atoms with Crippen molar-refractivity contribution in [2.45, 2.75) is 37.0 Å². The van der Waals surface area contributed by atoms with Crippen molar-refractivity contribution in [1.29, 1.82) is 0 Å². The fraction of sp³-hybridized carbons (Fsp3) is 0.458. The van der Waals surface area contributed by atoms with Gasteiger partial charge in [-0.15, -0.1) is 0 Å². The quantitative estimate of drug-likeness (QED) is 0.707. The summed E-state index contributed by atoms with van der Waals surface area (Å²) in [4.78, 5) is 15.1. The van der Waals surface area contributed by atoms with Gasteiger partial charge in [-0.3, -0.25) is 4.79 Å². The molecule has 0 aromatic heterocycles. The molecule has 2 fully saturated rings. The van der Waals surface area contributed by atoms with E-state index in [1.807, 2.05) is 11.0 Å². The number of nitrogens with zero attached hydrogens (tertiary/aromatic N) is 2. The molecule has 166 valence electrons. The Kier molecular flexibility index (Phi) is 6.72. The number of hydrogen-bond donors (Lipinski definition) is 0. The SMILES string of the molecule is O=C(C1CCCN(S(=O)(=O)c2ccc(F)cc2)C1)N1CCC(Cc2ccccc2)CC1. The summed E-state index contributed by atoms with van der Waals surface area (Å²) in [5.74, 6) is -0.138. The van der Waals surface area contributed by atoms with Crippen LogP contribution in [0.4, 0.5) is 4.39 Å². The lowest BCUT2D eigenvalue weighted by Gasteiger charge is -2.37. The van der Waals surface area contributed by atoms with Crippen LogP contribution < -0.4 is 0 Å². The van der Waals surface area contributed by atoms with Crippen LogP contribution in [0.2, 0.25) is 0 Å². The minimum absolute atomic E-state index is 0.0668. The molecule has 7 heteroatoms. The van der Waals surface area contributed by atoms with E-state index in [0.29, 0.717) is 25.3 Å². The first-order chi connectivity index (χ1) is 14.9. The number of carbonyl (C=O) groups is 1. The third-order valence-electron chi connectivity index (χ3n) is 6.48. The zero-order valence-corrected chi connectivity index (χ0v) is 18.4. The number of sulfonamides is 1. The monoisotopic (exact) mass is 444 g/mol. The fourth-order valence-corrected chi connectivity index (χ4v) is 6.20. The highest BCUT2D eigenvalue weighted by Crippen LogP contribution is 2.28. The van der Waals surface area contributed by atoms with Gasteiger partial charge in [0.2, 0.25) is 15.9 Å². The van der Waals surface area contributed by atoms with E-state index >= 15 is 0 Å². The molecule has 0 radical (unpaired) electrons. The van der Waals surface area contributed by atoms with Gasteiger partial charge in [0.05, 0.1) is 10.8 Å². The first-order valence-electron chi connectivity index (χ1n) is 11.0. The smallest absolute Gasteiger partial charge is 0.243 e. The van der Waals surface area contributed by atoms with E-state index < -0.39 is 15.8 Å². The van der Waals surface area contributed by atoms with Crippen LogP contribution in [0.1, 0.15) is 31.2 Å². The highest BCUT2D eigenvalue weighted by Gasteiger charge is 2.36. The average molecular weight is 445 g/mol. The van der Waals surface area contributed by atoms with Gasteiger partial charge in [-0.05, 0) is 67.9 Å². The number of piperidine rings is 2. The van der Waals surface area contributed by atoms with Crippen LogP contribution in [-0.2, 0) is 21.2 Å². The molecule has 2 aromatic rings.